The molecular weight excluding hydrogens is 238 g/mol. The van der Waals surface area contributed by atoms with E-state index < -0.39 is 0 Å². The number of hydrogen-bond acceptors (Lipinski definition) is 3. The third kappa shape index (κ3) is 2.28. The van der Waals surface area contributed by atoms with Crippen molar-refractivity contribution in [2.24, 2.45) is 5.18 Å². The van der Waals surface area contributed by atoms with Crippen molar-refractivity contribution in [2.75, 3.05) is 13.1 Å². The van der Waals surface area contributed by atoms with E-state index in [2.05, 4.69) is 33.8 Å². The van der Waals surface area contributed by atoms with Crippen LogP contribution in [0.3, 0.4) is 0 Å². The molecule has 1 aromatic heterocycles. The third-order valence-corrected chi connectivity index (χ3v) is 4.18. The molecule has 0 N–H and O–H groups in total. The van der Waals surface area contributed by atoms with E-state index in [9.17, 15) is 4.91 Å². The second-order valence-corrected chi connectivity index (χ2v) is 5.23. The number of aromatic nitrogens is 1. The maximum atomic E-state index is 10.7. The Morgan fingerprint density at radius 3 is 3.05 bits per heavy atom. The van der Waals surface area contributed by atoms with Crippen molar-refractivity contribution in [3.63, 3.8) is 0 Å². The van der Waals surface area contributed by atoms with E-state index in [1.54, 1.807) is 6.07 Å². The molecule has 1 saturated heterocycles. The summed E-state index contributed by atoms with van der Waals surface area (Å²) < 4.78 is 2.25. The van der Waals surface area contributed by atoms with Crippen molar-refractivity contribution in [1.82, 2.24) is 9.47 Å². The SMILES string of the molecule is CCN1CCCC1Cn1ccc2ccc(N=O)cc21. The molecule has 100 valence electrons. The molecule has 1 fully saturated rings. The fourth-order valence-corrected chi connectivity index (χ4v) is 3.13. The number of likely N-dealkylation sites (N-methyl/N-ethyl adjacent to an activating group) is 1. The lowest BCUT2D eigenvalue weighted by atomic mass is 10.2. The van der Waals surface area contributed by atoms with Crippen LogP contribution < -0.4 is 0 Å². The van der Waals surface area contributed by atoms with Crippen molar-refractivity contribution in [1.29, 1.82) is 0 Å². The van der Waals surface area contributed by atoms with E-state index in [-0.39, 0.29) is 0 Å². The lowest BCUT2D eigenvalue weighted by Crippen LogP contribution is -2.32. The molecule has 19 heavy (non-hydrogen) atoms. The number of rotatable bonds is 4. The predicted molar refractivity (Wildman–Crippen MR) is 77.7 cm³/mol. The van der Waals surface area contributed by atoms with Gasteiger partial charge in [-0.2, -0.15) is 0 Å². The van der Waals surface area contributed by atoms with Gasteiger partial charge in [0, 0.05) is 18.8 Å². The van der Waals surface area contributed by atoms with Crippen LogP contribution in [0.2, 0.25) is 0 Å². The van der Waals surface area contributed by atoms with Gasteiger partial charge >= 0.3 is 0 Å². The van der Waals surface area contributed by atoms with E-state index >= 15 is 0 Å². The summed E-state index contributed by atoms with van der Waals surface area (Å²) in [5.74, 6) is 0. The van der Waals surface area contributed by atoms with E-state index in [0.29, 0.717) is 11.7 Å². The van der Waals surface area contributed by atoms with E-state index in [4.69, 9.17) is 0 Å². The minimum Gasteiger partial charge on any atom is -0.346 e. The Kier molecular flexibility index (Phi) is 3.34. The second kappa shape index (κ2) is 5.13. The minimum atomic E-state index is 0.506. The van der Waals surface area contributed by atoms with Crippen LogP contribution in [0.5, 0.6) is 0 Å². The predicted octanol–water partition coefficient (Wildman–Crippen LogP) is 3.52. The fourth-order valence-electron chi connectivity index (χ4n) is 3.13. The Hall–Kier alpha value is -1.68. The smallest absolute Gasteiger partial charge is 0.110 e. The van der Waals surface area contributed by atoms with Gasteiger partial charge < -0.3 is 4.57 Å². The lowest BCUT2D eigenvalue weighted by Gasteiger charge is -2.23. The normalized spacial score (nSPS) is 20.2. The van der Waals surface area contributed by atoms with Gasteiger partial charge in [-0.1, -0.05) is 13.0 Å². The number of benzene rings is 1. The summed E-state index contributed by atoms with van der Waals surface area (Å²) >= 11 is 0. The van der Waals surface area contributed by atoms with Crippen LogP contribution in [0.4, 0.5) is 5.69 Å². The zero-order valence-electron chi connectivity index (χ0n) is 11.2. The molecule has 0 aliphatic carbocycles. The topological polar surface area (TPSA) is 37.6 Å². The maximum absolute atomic E-state index is 10.7. The molecule has 4 heteroatoms. The summed E-state index contributed by atoms with van der Waals surface area (Å²) in [5, 5.41) is 4.21. The summed E-state index contributed by atoms with van der Waals surface area (Å²) in [4.78, 5) is 13.2. The number of nitrogens with zero attached hydrogens (tertiary/aromatic N) is 3. The van der Waals surface area contributed by atoms with Crippen LogP contribution in [0, 0.1) is 4.91 Å². The van der Waals surface area contributed by atoms with Crippen LogP contribution in [0.1, 0.15) is 19.8 Å². The molecule has 0 amide bonds. The molecule has 1 unspecified atom stereocenters. The number of hydrogen-bond donors (Lipinski definition) is 0. The molecule has 4 nitrogen and oxygen atoms in total. The average Bonchev–Trinajstić information content (AvgIpc) is 3.06. The molecular formula is C15H19N3O. The monoisotopic (exact) mass is 257 g/mol. The summed E-state index contributed by atoms with van der Waals surface area (Å²) in [5.41, 5.74) is 1.62. The van der Waals surface area contributed by atoms with Gasteiger partial charge in [-0.3, -0.25) is 4.90 Å². The van der Waals surface area contributed by atoms with Crippen molar-refractivity contribution >= 4 is 16.6 Å². The van der Waals surface area contributed by atoms with Crippen molar-refractivity contribution in [3.05, 3.63) is 35.4 Å². The molecule has 3 rings (SSSR count). The van der Waals surface area contributed by atoms with Gasteiger partial charge in [-0.05, 0) is 54.7 Å². The molecule has 2 aromatic rings. The van der Waals surface area contributed by atoms with Gasteiger partial charge in [0.25, 0.3) is 0 Å². The molecule has 1 aliphatic rings. The van der Waals surface area contributed by atoms with E-state index in [0.717, 1.165) is 18.6 Å². The highest BCUT2D eigenvalue weighted by Gasteiger charge is 2.23. The van der Waals surface area contributed by atoms with Gasteiger partial charge in [-0.15, -0.1) is 4.91 Å². The first kappa shape index (κ1) is 12.4. The Morgan fingerprint density at radius 2 is 2.26 bits per heavy atom. The van der Waals surface area contributed by atoms with Crippen molar-refractivity contribution in [3.8, 4) is 0 Å². The van der Waals surface area contributed by atoms with Crippen LogP contribution in [-0.4, -0.2) is 28.6 Å². The van der Waals surface area contributed by atoms with Crippen LogP contribution >= 0.6 is 0 Å². The van der Waals surface area contributed by atoms with Gasteiger partial charge in [0.05, 0.1) is 5.52 Å². The van der Waals surface area contributed by atoms with Crippen LogP contribution in [0.25, 0.3) is 10.9 Å². The zero-order valence-corrected chi connectivity index (χ0v) is 11.2. The Bertz CT molecular complexity index is 590. The highest BCUT2D eigenvalue weighted by molar-refractivity contribution is 5.83. The molecule has 0 spiro atoms. The number of nitroso groups, excluding NO2 is 1. The maximum Gasteiger partial charge on any atom is 0.110 e. The average molecular weight is 257 g/mol. The summed E-state index contributed by atoms with van der Waals surface area (Å²) in [6.45, 7) is 5.55. The van der Waals surface area contributed by atoms with Crippen molar-refractivity contribution < 1.29 is 0 Å². The van der Waals surface area contributed by atoms with Gasteiger partial charge in [-0.25, -0.2) is 0 Å². The minimum absolute atomic E-state index is 0.506. The molecule has 0 radical (unpaired) electrons. The summed E-state index contributed by atoms with van der Waals surface area (Å²) in [7, 11) is 0. The van der Waals surface area contributed by atoms with Crippen LogP contribution in [-0.2, 0) is 6.54 Å². The number of fused-ring (bicyclic) bond motifs is 1. The molecule has 2 heterocycles. The molecule has 0 saturated carbocycles. The summed E-state index contributed by atoms with van der Waals surface area (Å²) in [6, 6.07) is 8.35. The van der Waals surface area contributed by atoms with Crippen molar-refractivity contribution in [2.45, 2.75) is 32.4 Å². The standard InChI is InChI=1S/C15H19N3O/c1-2-17-8-3-4-14(17)11-18-9-7-12-5-6-13(16-19)10-15(12)18/h5-7,9-10,14H,2-4,8,11H2,1H3. The molecule has 1 aliphatic heterocycles. The molecule has 1 aromatic carbocycles. The first-order valence-corrected chi connectivity index (χ1v) is 6.98. The van der Waals surface area contributed by atoms with Gasteiger partial charge in [0.1, 0.15) is 5.69 Å². The first-order chi connectivity index (χ1) is 9.31. The molecule has 0 bridgehead atoms. The van der Waals surface area contributed by atoms with Crippen LogP contribution in [0.15, 0.2) is 35.6 Å². The highest BCUT2D eigenvalue weighted by atomic mass is 16.3. The quantitative estimate of drug-likeness (QED) is 0.786. The summed E-state index contributed by atoms with van der Waals surface area (Å²) in [6.07, 6.45) is 4.67. The van der Waals surface area contributed by atoms with Gasteiger partial charge in [0.2, 0.25) is 0 Å². The third-order valence-electron chi connectivity index (χ3n) is 4.18. The molecule has 1 atom stereocenters. The number of likely N-dealkylation sites (tertiary alicyclic amines) is 1. The Labute approximate surface area is 113 Å². The Morgan fingerprint density at radius 1 is 1.37 bits per heavy atom. The Balaban J connectivity index is 1.90. The zero-order chi connectivity index (χ0) is 13.2. The van der Waals surface area contributed by atoms with Gasteiger partial charge in [0.15, 0.2) is 0 Å². The second-order valence-electron chi connectivity index (χ2n) is 5.23. The first-order valence-electron chi connectivity index (χ1n) is 6.98. The lowest BCUT2D eigenvalue weighted by molar-refractivity contribution is 0.246. The highest BCUT2D eigenvalue weighted by Crippen LogP contribution is 2.25. The van der Waals surface area contributed by atoms with E-state index in [1.165, 1.54) is 24.8 Å². The fraction of sp³-hybridized carbons (Fsp3) is 0.467. The van der Waals surface area contributed by atoms with E-state index in [1.807, 2.05) is 12.1 Å². The largest absolute Gasteiger partial charge is 0.346 e.